The van der Waals surface area contributed by atoms with Crippen LogP contribution in [-0.4, -0.2) is 88.0 Å². The van der Waals surface area contributed by atoms with Gasteiger partial charge in [0, 0.05) is 12.2 Å². The van der Waals surface area contributed by atoms with Gasteiger partial charge in [0.15, 0.2) is 0 Å². The van der Waals surface area contributed by atoms with Crippen molar-refractivity contribution >= 4 is 7.82 Å². The van der Waals surface area contributed by atoms with Crippen molar-refractivity contribution in [2.24, 2.45) is 17.8 Å². The number of aliphatic hydroxyl groups is 2. The van der Waals surface area contributed by atoms with E-state index in [1.807, 2.05) is 0 Å². The zero-order chi connectivity index (χ0) is 40.0. The second kappa shape index (κ2) is 26.6. The van der Waals surface area contributed by atoms with Crippen molar-refractivity contribution in [2.75, 3.05) is 66.1 Å². The number of hydrogen-bond acceptors (Lipinski definition) is 11. The Morgan fingerprint density at radius 3 is 1.96 bits per heavy atom. The molecule has 0 aliphatic carbocycles. The van der Waals surface area contributed by atoms with E-state index in [-0.39, 0.29) is 32.0 Å². The number of hydrogen-bond donors (Lipinski definition) is 2. The van der Waals surface area contributed by atoms with Crippen molar-refractivity contribution in [3.63, 3.8) is 0 Å². The number of unbranched alkanes of at least 4 members (excludes halogenated alkanes) is 1. The Labute approximate surface area is 327 Å². The number of aliphatic hydroxyl groups excluding tert-OH is 2. The third-order valence-corrected chi connectivity index (χ3v) is 11.6. The molecule has 1 heterocycles. The number of rotatable bonds is 32. The van der Waals surface area contributed by atoms with Crippen LogP contribution in [0.15, 0.2) is 0 Å². The van der Waals surface area contributed by atoms with Gasteiger partial charge in [-0.3, -0.25) is 4.57 Å². The van der Waals surface area contributed by atoms with Gasteiger partial charge in [0.05, 0.1) is 52.9 Å². The molecular formula is C42H76O11P-. The number of ether oxygens (including phenoxy) is 5. The Kier molecular flexibility index (Phi) is 24.1. The molecule has 1 aliphatic rings. The van der Waals surface area contributed by atoms with Gasteiger partial charge in [-0.05, 0) is 101 Å². The predicted molar refractivity (Wildman–Crippen MR) is 213 cm³/mol. The summed E-state index contributed by atoms with van der Waals surface area (Å²) >= 11 is 0. The number of fused-ring (bicyclic) bond motifs is 1. The van der Waals surface area contributed by atoms with Gasteiger partial charge in [0.25, 0.3) is 7.82 Å². The molecule has 0 bridgehead atoms. The van der Waals surface area contributed by atoms with Crippen LogP contribution in [-0.2, 0) is 34.2 Å². The van der Waals surface area contributed by atoms with Crippen LogP contribution in [0.25, 0.3) is 0 Å². The van der Waals surface area contributed by atoms with Crippen molar-refractivity contribution < 1.29 is 52.4 Å². The van der Waals surface area contributed by atoms with Gasteiger partial charge in [0.2, 0.25) is 0 Å². The van der Waals surface area contributed by atoms with Crippen LogP contribution in [0.2, 0.25) is 0 Å². The molecule has 54 heavy (non-hydrogen) atoms. The first-order chi connectivity index (χ1) is 25.7. The fourth-order valence-corrected chi connectivity index (χ4v) is 7.77. The van der Waals surface area contributed by atoms with Crippen LogP contribution >= 0.6 is 7.82 Å². The van der Waals surface area contributed by atoms with E-state index in [0.717, 1.165) is 65.2 Å². The van der Waals surface area contributed by atoms with E-state index in [4.69, 9.17) is 28.8 Å². The summed E-state index contributed by atoms with van der Waals surface area (Å²) in [7, 11) is -4.50. The van der Waals surface area contributed by atoms with Gasteiger partial charge in [-0.1, -0.05) is 72.6 Å². The summed E-state index contributed by atoms with van der Waals surface area (Å²) in [5.41, 5.74) is 4.57. The molecule has 12 heteroatoms. The number of benzene rings is 1. The van der Waals surface area contributed by atoms with Crippen molar-refractivity contribution in [2.45, 2.75) is 151 Å². The third kappa shape index (κ3) is 19.7. The van der Waals surface area contributed by atoms with Crippen LogP contribution in [0.4, 0.5) is 0 Å². The fraction of sp³-hybridized carbons (Fsp3) is 0.857. The molecule has 0 fully saturated rings. The first-order valence-corrected chi connectivity index (χ1v) is 22.2. The van der Waals surface area contributed by atoms with Crippen LogP contribution in [0.1, 0.15) is 134 Å². The maximum absolute atomic E-state index is 11.6. The highest BCUT2D eigenvalue weighted by Crippen LogP contribution is 2.45. The second-order valence-corrected chi connectivity index (χ2v) is 17.6. The summed E-state index contributed by atoms with van der Waals surface area (Å²) in [6.45, 7) is 19.7. The Morgan fingerprint density at radius 1 is 0.741 bits per heavy atom. The summed E-state index contributed by atoms with van der Waals surface area (Å²) in [5.74, 6) is 4.41. The van der Waals surface area contributed by atoms with Crippen LogP contribution in [0, 0.1) is 38.5 Å². The maximum atomic E-state index is 11.6. The predicted octanol–water partition coefficient (Wildman–Crippen LogP) is 8.20. The van der Waals surface area contributed by atoms with Gasteiger partial charge >= 0.3 is 0 Å². The van der Waals surface area contributed by atoms with Crippen LogP contribution in [0.5, 0.6) is 11.5 Å². The molecule has 1 aromatic carbocycles. The number of phosphoric acid groups is 1. The molecule has 5 atom stereocenters. The normalized spacial score (nSPS) is 18.6. The van der Waals surface area contributed by atoms with E-state index in [1.165, 1.54) is 56.9 Å². The minimum atomic E-state index is -4.50. The Balaban J connectivity index is 1.61. The van der Waals surface area contributed by atoms with E-state index in [9.17, 15) is 14.6 Å². The molecule has 0 saturated heterocycles. The molecule has 1 aliphatic heterocycles. The topological polar surface area (TPSA) is 145 Å². The van der Waals surface area contributed by atoms with Crippen molar-refractivity contribution in [1.82, 2.24) is 0 Å². The molecule has 0 aromatic heterocycles. The summed E-state index contributed by atoms with van der Waals surface area (Å²) in [6, 6.07) is 0. The summed E-state index contributed by atoms with van der Waals surface area (Å²) in [5, 5.41) is 18.6. The first-order valence-electron chi connectivity index (χ1n) is 20.7. The monoisotopic (exact) mass is 788 g/mol. The lowest BCUT2D eigenvalue weighted by Crippen LogP contribution is -2.37. The second-order valence-electron chi connectivity index (χ2n) is 16.2. The third-order valence-electron chi connectivity index (χ3n) is 10.6. The van der Waals surface area contributed by atoms with E-state index in [1.54, 1.807) is 0 Å². The minimum Gasteiger partial charge on any atom is -0.756 e. The van der Waals surface area contributed by atoms with E-state index in [2.05, 4.69) is 64.4 Å². The molecule has 316 valence electrons. The molecule has 2 unspecified atom stereocenters. The summed E-state index contributed by atoms with van der Waals surface area (Å²) < 4.78 is 50.6. The molecule has 0 saturated carbocycles. The molecule has 11 nitrogen and oxygen atoms in total. The molecule has 2 N–H and O–H groups in total. The largest absolute Gasteiger partial charge is 0.756 e. The lowest BCUT2D eigenvalue weighted by atomic mass is 9.83. The minimum absolute atomic E-state index is 0.0420. The Bertz CT molecular complexity index is 1210. The Morgan fingerprint density at radius 2 is 1.33 bits per heavy atom. The van der Waals surface area contributed by atoms with Gasteiger partial charge in [-0.2, -0.15) is 0 Å². The quantitative estimate of drug-likeness (QED) is 0.0539. The highest BCUT2D eigenvalue weighted by atomic mass is 31.2. The van der Waals surface area contributed by atoms with Crippen LogP contribution in [0.3, 0.4) is 0 Å². The molecule has 0 radical (unpaired) electrons. The maximum Gasteiger partial charge on any atom is 0.267 e. The van der Waals surface area contributed by atoms with E-state index < -0.39 is 20.5 Å². The van der Waals surface area contributed by atoms with Gasteiger partial charge < -0.3 is 47.8 Å². The Hall–Kier alpha value is -1.27. The summed E-state index contributed by atoms with van der Waals surface area (Å²) in [4.78, 5) is 11.6. The molecule has 0 spiro atoms. The zero-order valence-electron chi connectivity index (χ0n) is 35.1. The highest BCUT2D eigenvalue weighted by molar-refractivity contribution is 7.45. The summed E-state index contributed by atoms with van der Waals surface area (Å²) in [6.07, 6.45) is 13.4. The molecule has 0 amide bonds. The molecule has 2 rings (SSSR count). The molecule has 1 aromatic rings. The van der Waals surface area contributed by atoms with E-state index >= 15 is 0 Å². The van der Waals surface area contributed by atoms with E-state index in [0.29, 0.717) is 45.9 Å². The lowest BCUT2D eigenvalue weighted by molar-refractivity contribution is -0.227. The standard InChI is InChI=1S/C42H77O11P/c1-32(2)14-11-15-33(3)16-12-17-34(4)18-13-20-42(8)21-19-39-37(7)40(35(5)36(6)41(39)53-42)50-29-28-48-25-24-47-26-27-49-30-38(44)31-52-54(45,46)51-23-10-9-22-43/h32-34,38,43-44H,9-31H2,1-8H3,(H,45,46)/p-1/t33-,34-,38?,42-/m1/s1. The van der Waals surface area contributed by atoms with Gasteiger partial charge in [0.1, 0.15) is 29.8 Å². The first kappa shape index (κ1) is 48.9. The molecular weight excluding hydrogens is 711 g/mol. The van der Waals surface area contributed by atoms with Crippen molar-refractivity contribution in [3.05, 3.63) is 22.3 Å². The van der Waals surface area contributed by atoms with Gasteiger partial charge in [-0.15, -0.1) is 0 Å². The van der Waals surface area contributed by atoms with Crippen LogP contribution < -0.4 is 14.4 Å². The lowest BCUT2D eigenvalue weighted by Gasteiger charge is -2.38. The highest BCUT2D eigenvalue weighted by Gasteiger charge is 2.34. The SMILES string of the molecule is Cc1c(C)c2c(c(C)c1OCCOCCOCCOCC(O)COP(=O)([O-])OCCCCO)CC[C@@](C)(CCC[C@H](C)CCC[C@H](C)CCCC(C)C)O2. The number of phosphoric ester groups is 1. The van der Waals surface area contributed by atoms with Gasteiger partial charge in [-0.25, -0.2) is 0 Å². The van der Waals surface area contributed by atoms with Crippen molar-refractivity contribution in [1.29, 1.82) is 0 Å². The smallest absolute Gasteiger partial charge is 0.267 e. The zero-order valence-corrected chi connectivity index (χ0v) is 36.0. The fourth-order valence-electron chi connectivity index (χ4n) is 6.99. The average Bonchev–Trinajstić information content (AvgIpc) is 3.11. The average molecular weight is 788 g/mol. The van der Waals surface area contributed by atoms with Crippen molar-refractivity contribution in [3.8, 4) is 11.5 Å².